The Morgan fingerprint density at radius 1 is 0.464 bits per heavy atom. The first kappa shape index (κ1) is 54.3. The minimum Gasteiger partial charge on any atom is -0.544 e. The predicted molar refractivity (Wildman–Crippen MR) is 231 cm³/mol. The molecule has 332 valence electrons. The van der Waals surface area contributed by atoms with Gasteiger partial charge in [-0.05, 0) is 12.8 Å². The van der Waals surface area contributed by atoms with Crippen LogP contribution in [0.3, 0.4) is 0 Å². The molecule has 0 heterocycles. The number of quaternary nitrogens is 1. The summed E-state index contributed by atoms with van der Waals surface area (Å²) in [6.45, 7) is 4.70. The second-order valence-corrected chi connectivity index (χ2v) is 17.7. The average Bonchev–Trinajstić information content (AvgIpc) is 3.15. The molecule has 0 radical (unpaired) electrons. The fourth-order valence-corrected chi connectivity index (χ4v) is 7.49. The summed E-state index contributed by atoms with van der Waals surface area (Å²) < 4.78 is 17.2. The number of hydrogen-bond acceptors (Lipinski definition) is 7. The zero-order chi connectivity index (χ0) is 41.4. The monoisotopic (exact) mass is 796 g/mol. The largest absolute Gasteiger partial charge is 0.544 e. The van der Waals surface area contributed by atoms with E-state index < -0.39 is 18.1 Å². The van der Waals surface area contributed by atoms with Crippen LogP contribution in [0.5, 0.6) is 0 Å². The Kier molecular flexibility index (Phi) is 38.9. The second-order valence-electron chi connectivity index (χ2n) is 17.7. The number of hydrogen-bond donors (Lipinski definition) is 0. The van der Waals surface area contributed by atoms with Gasteiger partial charge in [0, 0.05) is 19.3 Å². The molecule has 2 unspecified atom stereocenters. The lowest BCUT2D eigenvalue weighted by atomic mass is 10.0. The van der Waals surface area contributed by atoms with Gasteiger partial charge in [-0.1, -0.05) is 206 Å². The van der Waals surface area contributed by atoms with E-state index in [4.69, 9.17) is 14.2 Å². The van der Waals surface area contributed by atoms with E-state index in [2.05, 4.69) is 13.8 Å². The molecule has 0 fully saturated rings. The molecule has 0 aromatic heterocycles. The molecule has 2 atom stereocenters. The molecule has 0 bridgehead atoms. The van der Waals surface area contributed by atoms with Crippen molar-refractivity contribution in [1.29, 1.82) is 0 Å². The molecule has 0 aliphatic heterocycles. The van der Waals surface area contributed by atoms with Crippen molar-refractivity contribution in [2.24, 2.45) is 0 Å². The molecular weight excluding hydrogens is 703 g/mol. The maximum atomic E-state index is 12.7. The van der Waals surface area contributed by atoms with Crippen LogP contribution in [0.2, 0.25) is 0 Å². The number of carbonyl (C=O) groups excluding carboxylic acids is 3. The van der Waals surface area contributed by atoms with E-state index in [0.29, 0.717) is 12.8 Å². The summed E-state index contributed by atoms with van der Waals surface area (Å²) in [4.78, 5) is 36.9. The van der Waals surface area contributed by atoms with Crippen LogP contribution in [0, 0.1) is 0 Å². The zero-order valence-electron chi connectivity index (χ0n) is 37.8. The molecule has 0 aliphatic rings. The molecule has 8 nitrogen and oxygen atoms in total. The van der Waals surface area contributed by atoms with E-state index in [1.807, 2.05) is 21.1 Å². The molecular formula is C48H93NO7. The summed E-state index contributed by atoms with van der Waals surface area (Å²) in [5, 5.41) is 11.6. The highest BCUT2D eigenvalue weighted by atomic mass is 16.6. The first-order valence-corrected chi connectivity index (χ1v) is 24.1. The molecule has 0 N–H and O–H groups in total. The number of rotatable bonds is 44. The van der Waals surface area contributed by atoms with Gasteiger partial charge in [-0.3, -0.25) is 9.59 Å². The summed E-state index contributed by atoms with van der Waals surface area (Å²) in [5.41, 5.74) is 0. The van der Waals surface area contributed by atoms with E-state index in [-0.39, 0.29) is 42.7 Å². The Morgan fingerprint density at radius 2 is 0.786 bits per heavy atom. The Bertz CT molecular complexity index is 889. The molecule has 0 amide bonds. The van der Waals surface area contributed by atoms with Crippen molar-refractivity contribution in [3.8, 4) is 0 Å². The minimum atomic E-state index is -1.12. The fraction of sp³-hybridized carbons (Fsp3) is 0.938. The smallest absolute Gasteiger partial charge is 0.306 e. The van der Waals surface area contributed by atoms with Crippen LogP contribution < -0.4 is 5.11 Å². The van der Waals surface area contributed by atoms with Crippen molar-refractivity contribution >= 4 is 17.9 Å². The Balaban J connectivity index is 4.17. The van der Waals surface area contributed by atoms with Crippen molar-refractivity contribution < 1.29 is 38.2 Å². The Hall–Kier alpha value is -1.67. The number of aliphatic carboxylic acids is 1. The summed E-state index contributed by atoms with van der Waals surface area (Å²) in [5.74, 6) is -1.71. The van der Waals surface area contributed by atoms with Gasteiger partial charge in [0.15, 0.2) is 6.10 Å². The van der Waals surface area contributed by atoms with Crippen molar-refractivity contribution in [3.63, 3.8) is 0 Å². The van der Waals surface area contributed by atoms with Gasteiger partial charge in [0.05, 0.1) is 40.3 Å². The van der Waals surface area contributed by atoms with E-state index in [0.717, 1.165) is 38.5 Å². The standard InChI is InChI=1S/C48H93NO7/c1-6-8-10-12-14-16-18-19-20-21-22-23-24-25-26-27-29-31-33-35-37-39-47(51)56-44(42-54-41-40-45(48(52)53)49(3,4)5)43-55-46(50)38-36-34-32-30-28-17-15-13-11-9-7-2/h44-45H,6-43H2,1-5H3. The van der Waals surface area contributed by atoms with Crippen LogP contribution >= 0.6 is 0 Å². The lowest BCUT2D eigenvalue weighted by Crippen LogP contribution is -2.55. The number of unbranched alkanes of at least 4 members (excludes halogenated alkanes) is 30. The Labute approximate surface area is 346 Å². The van der Waals surface area contributed by atoms with Crippen molar-refractivity contribution in [3.05, 3.63) is 0 Å². The van der Waals surface area contributed by atoms with Crippen LogP contribution in [-0.2, 0) is 28.6 Å². The molecule has 8 heteroatoms. The quantitative estimate of drug-likeness (QED) is 0.0344. The van der Waals surface area contributed by atoms with Gasteiger partial charge in [0.2, 0.25) is 0 Å². The third-order valence-electron chi connectivity index (χ3n) is 11.2. The normalized spacial score (nSPS) is 12.8. The zero-order valence-corrected chi connectivity index (χ0v) is 37.8. The lowest BCUT2D eigenvalue weighted by molar-refractivity contribution is -0.889. The maximum absolute atomic E-state index is 12.7. The molecule has 0 aromatic carbocycles. The van der Waals surface area contributed by atoms with Gasteiger partial charge in [0.25, 0.3) is 0 Å². The molecule has 0 saturated carbocycles. The maximum Gasteiger partial charge on any atom is 0.306 e. The molecule has 0 spiro atoms. The summed E-state index contributed by atoms with van der Waals surface area (Å²) in [6, 6.07) is -0.719. The van der Waals surface area contributed by atoms with Crippen molar-refractivity contribution in [2.45, 2.75) is 251 Å². The van der Waals surface area contributed by atoms with E-state index >= 15 is 0 Å². The molecule has 56 heavy (non-hydrogen) atoms. The molecule has 0 saturated heterocycles. The number of carbonyl (C=O) groups is 3. The van der Waals surface area contributed by atoms with Gasteiger partial charge in [-0.25, -0.2) is 0 Å². The highest BCUT2D eigenvalue weighted by molar-refractivity contribution is 5.70. The predicted octanol–water partition coefficient (Wildman–Crippen LogP) is 12.0. The van der Waals surface area contributed by atoms with Crippen LogP contribution in [-0.4, -0.2) is 75.5 Å². The number of ether oxygens (including phenoxy) is 3. The van der Waals surface area contributed by atoms with E-state index in [9.17, 15) is 19.5 Å². The molecule has 0 rings (SSSR count). The summed E-state index contributed by atoms with van der Waals surface area (Å²) in [7, 11) is 5.42. The van der Waals surface area contributed by atoms with Crippen LogP contribution in [0.4, 0.5) is 0 Å². The first-order valence-electron chi connectivity index (χ1n) is 24.1. The average molecular weight is 796 g/mol. The fourth-order valence-electron chi connectivity index (χ4n) is 7.49. The van der Waals surface area contributed by atoms with Crippen LogP contribution in [0.1, 0.15) is 239 Å². The highest BCUT2D eigenvalue weighted by Crippen LogP contribution is 2.17. The molecule has 0 aliphatic carbocycles. The Morgan fingerprint density at radius 3 is 1.11 bits per heavy atom. The number of likely N-dealkylation sites (N-methyl/N-ethyl adjacent to an activating group) is 1. The second kappa shape index (κ2) is 40.1. The summed E-state index contributed by atoms with van der Waals surface area (Å²) in [6.07, 6.45) is 41.3. The van der Waals surface area contributed by atoms with Gasteiger partial charge in [-0.2, -0.15) is 0 Å². The minimum absolute atomic E-state index is 0.0493. The first-order chi connectivity index (χ1) is 27.1. The van der Waals surface area contributed by atoms with Gasteiger partial charge in [-0.15, -0.1) is 0 Å². The van der Waals surface area contributed by atoms with Gasteiger partial charge in [0.1, 0.15) is 12.6 Å². The van der Waals surface area contributed by atoms with Crippen LogP contribution in [0.25, 0.3) is 0 Å². The van der Waals surface area contributed by atoms with Gasteiger partial charge >= 0.3 is 11.9 Å². The number of carboxylic acids is 1. The van der Waals surface area contributed by atoms with E-state index in [1.165, 1.54) is 167 Å². The lowest BCUT2D eigenvalue weighted by Gasteiger charge is -2.34. The van der Waals surface area contributed by atoms with Crippen molar-refractivity contribution in [1.82, 2.24) is 0 Å². The van der Waals surface area contributed by atoms with Crippen LogP contribution in [0.15, 0.2) is 0 Å². The molecule has 0 aromatic rings. The topological polar surface area (TPSA) is 102 Å². The number of esters is 2. The number of carboxylic acid groups (broad SMARTS) is 1. The third kappa shape index (κ3) is 37.9. The third-order valence-corrected chi connectivity index (χ3v) is 11.2. The van der Waals surface area contributed by atoms with E-state index in [1.54, 1.807) is 0 Å². The van der Waals surface area contributed by atoms with Crippen molar-refractivity contribution in [2.75, 3.05) is 41.0 Å². The van der Waals surface area contributed by atoms with Gasteiger partial charge < -0.3 is 28.6 Å². The SMILES string of the molecule is CCCCCCCCCCCCCCCCCCCCCCCC(=O)OC(COCCC(C(=O)[O-])[N+](C)(C)C)COC(=O)CCCCCCCCCCCCC. The summed E-state index contributed by atoms with van der Waals surface area (Å²) >= 11 is 0. The number of nitrogens with zero attached hydrogens (tertiary/aromatic N) is 1. The highest BCUT2D eigenvalue weighted by Gasteiger charge is 2.25.